The van der Waals surface area contributed by atoms with Gasteiger partial charge in [-0.1, -0.05) is 24.3 Å². The van der Waals surface area contributed by atoms with Gasteiger partial charge in [0.15, 0.2) is 0 Å². The first-order valence-corrected chi connectivity index (χ1v) is 7.53. The van der Waals surface area contributed by atoms with Crippen LogP contribution in [-0.4, -0.2) is 48.4 Å². The molecule has 0 aromatic heterocycles. The molecule has 0 saturated carbocycles. The van der Waals surface area contributed by atoms with E-state index in [4.69, 9.17) is 5.84 Å². The molecule has 1 aliphatic rings. The topological polar surface area (TPSA) is 61.6 Å². The minimum Gasteiger partial charge on any atom is -0.304 e. The number of hydrazine groups is 1. The van der Waals surface area contributed by atoms with Crippen LogP contribution in [0.4, 0.5) is 0 Å². The molecule has 3 N–H and O–H groups in total. The second-order valence-electron chi connectivity index (χ2n) is 6.05. The third kappa shape index (κ3) is 4.03. The van der Waals surface area contributed by atoms with Crippen molar-refractivity contribution in [2.24, 2.45) is 5.84 Å². The van der Waals surface area contributed by atoms with E-state index in [1.54, 1.807) is 0 Å². The standard InChI is InChI=1S/C16H26N4O/c1-12-10-19(3)8-9-20(12)11-14-4-6-15(7-5-14)13(2)16(21)18-17/h4-7,12-13H,8-11,17H2,1-3H3,(H,18,21). The monoisotopic (exact) mass is 290 g/mol. The average molecular weight is 290 g/mol. The predicted octanol–water partition coefficient (Wildman–Crippen LogP) is 0.916. The first-order valence-electron chi connectivity index (χ1n) is 7.53. The Hall–Kier alpha value is -1.43. The fourth-order valence-corrected chi connectivity index (χ4v) is 2.83. The zero-order chi connectivity index (χ0) is 15.4. The van der Waals surface area contributed by atoms with Crippen LogP contribution in [0.1, 0.15) is 30.9 Å². The van der Waals surface area contributed by atoms with E-state index in [1.807, 2.05) is 19.1 Å². The molecule has 1 saturated heterocycles. The van der Waals surface area contributed by atoms with Crippen molar-refractivity contribution < 1.29 is 4.79 Å². The number of carbonyl (C=O) groups excluding carboxylic acids is 1. The zero-order valence-electron chi connectivity index (χ0n) is 13.2. The van der Waals surface area contributed by atoms with Crippen molar-refractivity contribution in [1.82, 2.24) is 15.2 Å². The molecule has 1 aromatic rings. The minimum atomic E-state index is -0.216. The highest BCUT2D eigenvalue weighted by atomic mass is 16.2. The molecule has 5 nitrogen and oxygen atoms in total. The minimum absolute atomic E-state index is 0.157. The summed E-state index contributed by atoms with van der Waals surface area (Å²) in [5.74, 6) is 4.81. The van der Waals surface area contributed by atoms with Gasteiger partial charge in [-0.25, -0.2) is 5.84 Å². The van der Waals surface area contributed by atoms with E-state index in [0.717, 1.165) is 31.7 Å². The molecule has 116 valence electrons. The summed E-state index contributed by atoms with van der Waals surface area (Å²) in [6.07, 6.45) is 0. The Morgan fingerprint density at radius 1 is 1.38 bits per heavy atom. The Kier molecular flexibility index (Phi) is 5.33. The second-order valence-corrected chi connectivity index (χ2v) is 6.05. The molecule has 5 heteroatoms. The van der Waals surface area contributed by atoms with Gasteiger partial charge < -0.3 is 4.90 Å². The number of nitrogens with one attached hydrogen (secondary N) is 1. The Morgan fingerprint density at radius 2 is 2.05 bits per heavy atom. The van der Waals surface area contributed by atoms with Crippen molar-refractivity contribution >= 4 is 5.91 Å². The van der Waals surface area contributed by atoms with E-state index in [1.165, 1.54) is 5.56 Å². The van der Waals surface area contributed by atoms with Gasteiger partial charge in [-0.15, -0.1) is 0 Å². The van der Waals surface area contributed by atoms with Gasteiger partial charge in [0.2, 0.25) is 5.91 Å². The number of benzene rings is 1. The van der Waals surface area contributed by atoms with Gasteiger partial charge in [0, 0.05) is 32.2 Å². The van der Waals surface area contributed by atoms with Crippen molar-refractivity contribution in [3.05, 3.63) is 35.4 Å². The van der Waals surface area contributed by atoms with Crippen molar-refractivity contribution in [2.45, 2.75) is 32.4 Å². The predicted molar refractivity (Wildman–Crippen MR) is 84.6 cm³/mol. The molecule has 0 aliphatic carbocycles. The van der Waals surface area contributed by atoms with Gasteiger partial charge in [0.1, 0.15) is 0 Å². The fourth-order valence-electron chi connectivity index (χ4n) is 2.83. The lowest BCUT2D eigenvalue weighted by Gasteiger charge is -2.38. The lowest BCUT2D eigenvalue weighted by Crippen LogP contribution is -2.49. The number of amides is 1. The van der Waals surface area contributed by atoms with Gasteiger partial charge in [-0.2, -0.15) is 0 Å². The zero-order valence-corrected chi connectivity index (χ0v) is 13.2. The molecule has 1 fully saturated rings. The van der Waals surface area contributed by atoms with Crippen LogP contribution in [-0.2, 0) is 11.3 Å². The van der Waals surface area contributed by atoms with Crippen LogP contribution in [0, 0.1) is 0 Å². The highest BCUT2D eigenvalue weighted by Crippen LogP contribution is 2.18. The number of carbonyl (C=O) groups is 1. The molecule has 2 rings (SSSR count). The first kappa shape index (κ1) is 15.9. The van der Waals surface area contributed by atoms with Crippen LogP contribution in [0.25, 0.3) is 0 Å². The Bertz CT molecular complexity index is 474. The summed E-state index contributed by atoms with van der Waals surface area (Å²) in [6, 6.07) is 8.85. The van der Waals surface area contributed by atoms with Crippen LogP contribution in [0.2, 0.25) is 0 Å². The highest BCUT2D eigenvalue weighted by Gasteiger charge is 2.21. The van der Waals surface area contributed by atoms with Crippen LogP contribution in [0.5, 0.6) is 0 Å². The lowest BCUT2D eigenvalue weighted by atomic mass is 9.99. The van der Waals surface area contributed by atoms with E-state index < -0.39 is 0 Å². The van der Waals surface area contributed by atoms with Crippen LogP contribution >= 0.6 is 0 Å². The molecule has 1 aromatic carbocycles. The molecule has 1 aliphatic heterocycles. The maximum Gasteiger partial charge on any atom is 0.241 e. The molecule has 0 radical (unpaired) electrons. The molecule has 2 unspecified atom stereocenters. The number of nitrogens with two attached hydrogens (primary N) is 1. The summed E-state index contributed by atoms with van der Waals surface area (Å²) >= 11 is 0. The van der Waals surface area contributed by atoms with Gasteiger partial charge in [-0.3, -0.25) is 15.1 Å². The summed E-state index contributed by atoms with van der Waals surface area (Å²) in [5.41, 5.74) is 4.48. The summed E-state index contributed by atoms with van der Waals surface area (Å²) in [6.45, 7) is 8.44. The number of piperazine rings is 1. The second kappa shape index (κ2) is 7.02. The smallest absolute Gasteiger partial charge is 0.241 e. The number of rotatable bonds is 4. The SMILES string of the molecule is CC(C(=O)NN)c1ccc(CN2CCN(C)CC2C)cc1. The average Bonchev–Trinajstić information content (AvgIpc) is 2.49. The summed E-state index contributed by atoms with van der Waals surface area (Å²) in [7, 11) is 2.17. The number of nitrogens with zero attached hydrogens (tertiary/aromatic N) is 2. The quantitative estimate of drug-likeness (QED) is 0.492. The Labute approximate surface area is 127 Å². The summed E-state index contributed by atoms with van der Waals surface area (Å²) < 4.78 is 0. The van der Waals surface area contributed by atoms with Crippen molar-refractivity contribution in [2.75, 3.05) is 26.7 Å². The van der Waals surface area contributed by atoms with Gasteiger partial charge >= 0.3 is 0 Å². The molecule has 0 bridgehead atoms. The van der Waals surface area contributed by atoms with Gasteiger partial charge in [0.25, 0.3) is 0 Å². The van der Waals surface area contributed by atoms with Crippen molar-refractivity contribution in [1.29, 1.82) is 0 Å². The Morgan fingerprint density at radius 3 is 2.62 bits per heavy atom. The Balaban J connectivity index is 1.98. The van der Waals surface area contributed by atoms with E-state index in [0.29, 0.717) is 6.04 Å². The number of hydrogen-bond acceptors (Lipinski definition) is 4. The number of hydrogen-bond donors (Lipinski definition) is 2. The van der Waals surface area contributed by atoms with E-state index >= 15 is 0 Å². The third-order valence-corrected chi connectivity index (χ3v) is 4.37. The van der Waals surface area contributed by atoms with E-state index in [2.05, 4.69) is 41.3 Å². The van der Waals surface area contributed by atoms with Crippen molar-refractivity contribution in [3.63, 3.8) is 0 Å². The molecule has 2 atom stereocenters. The molecule has 1 amide bonds. The van der Waals surface area contributed by atoms with Gasteiger partial charge in [0.05, 0.1) is 5.92 Å². The molecule has 21 heavy (non-hydrogen) atoms. The van der Waals surface area contributed by atoms with Crippen LogP contribution in [0.3, 0.4) is 0 Å². The number of likely N-dealkylation sites (N-methyl/N-ethyl adjacent to an activating group) is 1. The van der Waals surface area contributed by atoms with Gasteiger partial charge in [-0.05, 0) is 32.0 Å². The fraction of sp³-hybridized carbons (Fsp3) is 0.562. The molecular formula is C16H26N4O. The lowest BCUT2D eigenvalue weighted by molar-refractivity contribution is -0.122. The summed E-state index contributed by atoms with van der Waals surface area (Å²) in [4.78, 5) is 16.4. The molecular weight excluding hydrogens is 264 g/mol. The third-order valence-electron chi connectivity index (χ3n) is 4.37. The maximum absolute atomic E-state index is 11.5. The van der Waals surface area contributed by atoms with Crippen LogP contribution < -0.4 is 11.3 Å². The largest absolute Gasteiger partial charge is 0.304 e. The highest BCUT2D eigenvalue weighted by molar-refractivity contribution is 5.82. The maximum atomic E-state index is 11.5. The van der Waals surface area contributed by atoms with Crippen molar-refractivity contribution in [3.8, 4) is 0 Å². The first-order chi connectivity index (χ1) is 10.0. The normalized spacial score (nSPS) is 22.0. The van der Waals surface area contributed by atoms with Crippen LogP contribution in [0.15, 0.2) is 24.3 Å². The van der Waals surface area contributed by atoms with E-state index in [-0.39, 0.29) is 11.8 Å². The molecule has 0 spiro atoms. The molecule has 1 heterocycles. The van der Waals surface area contributed by atoms with E-state index in [9.17, 15) is 4.79 Å². The summed E-state index contributed by atoms with van der Waals surface area (Å²) in [5, 5.41) is 0.